The largest absolute Gasteiger partial charge is 0.459 e. The van der Waals surface area contributed by atoms with Crippen LogP contribution in [0.15, 0.2) is 45.4 Å². The molecule has 10 heteroatoms. The van der Waals surface area contributed by atoms with E-state index in [4.69, 9.17) is 4.42 Å². The minimum absolute atomic E-state index is 0.0366. The van der Waals surface area contributed by atoms with Crippen molar-refractivity contribution in [2.75, 3.05) is 37.2 Å². The molecule has 3 aromatic rings. The summed E-state index contributed by atoms with van der Waals surface area (Å²) in [4.78, 5) is 28.4. The van der Waals surface area contributed by atoms with Crippen molar-refractivity contribution in [3.05, 3.63) is 53.5 Å². The third-order valence-corrected chi connectivity index (χ3v) is 7.05. The molecule has 1 fully saturated rings. The van der Waals surface area contributed by atoms with Crippen molar-refractivity contribution >= 4 is 45.7 Å². The van der Waals surface area contributed by atoms with Crippen LogP contribution in [0, 0.1) is 13.8 Å². The molecule has 0 unspecified atom stereocenters. The van der Waals surface area contributed by atoms with E-state index in [9.17, 15) is 9.59 Å². The van der Waals surface area contributed by atoms with Gasteiger partial charge in [0.05, 0.1) is 12.0 Å². The van der Waals surface area contributed by atoms with Crippen LogP contribution in [0.4, 0.5) is 10.8 Å². The topological polar surface area (TPSA) is 91.6 Å². The van der Waals surface area contributed by atoms with Gasteiger partial charge in [0, 0.05) is 31.9 Å². The van der Waals surface area contributed by atoms with Gasteiger partial charge in [-0.2, -0.15) is 0 Å². The SMILES string of the molecule is Cc1cccc(C)c1Nc1nnc(SCC(=O)N2CCN(C(=O)c3ccco3)CC2)s1. The monoisotopic (exact) mass is 457 g/mol. The molecule has 8 nitrogen and oxygen atoms in total. The number of hydrogen-bond acceptors (Lipinski definition) is 8. The molecule has 2 amide bonds. The van der Waals surface area contributed by atoms with Gasteiger partial charge in [-0.25, -0.2) is 0 Å². The van der Waals surface area contributed by atoms with Crippen LogP contribution in [0.1, 0.15) is 21.7 Å². The average Bonchev–Trinajstić information content (AvgIpc) is 3.47. The number of hydrogen-bond donors (Lipinski definition) is 1. The standard InChI is InChI=1S/C21H23N5O3S2/c1-14-5-3-6-15(2)18(14)22-20-23-24-21(31-20)30-13-17(27)25-8-10-26(11-9-25)19(28)16-7-4-12-29-16/h3-7,12H,8-11,13H2,1-2H3,(H,22,23). The molecule has 162 valence electrons. The third kappa shape index (κ3) is 5.08. The summed E-state index contributed by atoms with van der Waals surface area (Å²) >= 11 is 2.82. The normalized spacial score (nSPS) is 14.0. The second kappa shape index (κ2) is 9.52. The first-order valence-corrected chi connectivity index (χ1v) is 11.7. The Balaban J connectivity index is 1.26. The van der Waals surface area contributed by atoms with Gasteiger partial charge in [0.25, 0.3) is 5.91 Å². The number of aryl methyl sites for hydroxylation is 2. The molecule has 1 aromatic carbocycles. The lowest BCUT2D eigenvalue weighted by molar-refractivity contribution is -0.129. The molecule has 1 N–H and O–H groups in total. The number of nitrogens with one attached hydrogen (secondary N) is 1. The predicted octanol–water partition coefficient (Wildman–Crippen LogP) is 3.57. The molecule has 0 atom stereocenters. The van der Waals surface area contributed by atoms with Gasteiger partial charge in [-0.3, -0.25) is 9.59 Å². The number of rotatable bonds is 6. The van der Waals surface area contributed by atoms with Crippen molar-refractivity contribution in [3.8, 4) is 0 Å². The van der Waals surface area contributed by atoms with E-state index < -0.39 is 0 Å². The molecule has 1 aliphatic heterocycles. The summed E-state index contributed by atoms with van der Waals surface area (Å²) in [6, 6.07) is 9.47. The van der Waals surface area contributed by atoms with Gasteiger partial charge in [0.2, 0.25) is 11.0 Å². The number of furan rings is 1. The van der Waals surface area contributed by atoms with Gasteiger partial charge < -0.3 is 19.5 Å². The molecule has 0 aliphatic carbocycles. The van der Waals surface area contributed by atoms with Crippen LogP contribution in [0.25, 0.3) is 0 Å². The Morgan fingerprint density at radius 2 is 1.77 bits per heavy atom. The quantitative estimate of drug-likeness (QED) is 0.566. The Labute approximate surface area is 188 Å². The fourth-order valence-electron chi connectivity index (χ4n) is 3.37. The van der Waals surface area contributed by atoms with Gasteiger partial charge in [-0.1, -0.05) is 41.3 Å². The summed E-state index contributed by atoms with van der Waals surface area (Å²) in [5.74, 6) is 0.528. The molecule has 1 aliphatic rings. The Hall–Kier alpha value is -2.85. The fraction of sp³-hybridized carbons (Fsp3) is 0.333. The number of benzene rings is 1. The minimum atomic E-state index is -0.135. The maximum atomic E-state index is 12.6. The van der Waals surface area contributed by atoms with E-state index in [1.807, 2.05) is 32.0 Å². The van der Waals surface area contributed by atoms with Crippen molar-refractivity contribution < 1.29 is 14.0 Å². The van der Waals surface area contributed by atoms with Crippen molar-refractivity contribution in [2.45, 2.75) is 18.2 Å². The van der Waals surface area contributed by atoms with Crippen LogP contribution >= 0.6 is 23.1 Å². The van der Waals surface area contributed by atoms with E-state index >= 15 is 0 Å². The van der Waals surface area contributed by atoms with E-state index in [0.717, 1.165) is 21.2 Å². The van der Waals surface area contributed by atoms with Crippen molar-refractivity contribution in [1.82, 2.24) is 20.0 Å². The first kappa shape index (κ1) is 21.4. The summed E-state index contributed by atoms with van der Waals surface area (Å²) in [6.07, 6.45) is 1.49. The number of aromatic nitrogens is 2. The van der Waals surface area contributed by atoms with Crippen LogP contribution in [0.5, 0.6) is 0 Å². The first-order chi connectivity index (χ1) is 15.0. The Morgan fingerprint density at radius 1 is 1.06 bits per heavy atom. The maximum absolute atomic E-state index is 12.6. The Bertz CT molecular complexity index is 1040. The molecule has 0 saturated carbocycles. The highest BCUT2D eigenvalue weighted by Crippen LogP contribution is 2.30. The smallest absolute Gasteiger partial charge is 0.289 e. The number of amides is 2. The van der Waals surface area contributed by atoms with Gasteiger partial charge >= 0.3 is 0 Å². The molecule has 0 spiro atoms. The highest BCUT2D eigenvalue weighted by atomic mass is 32.2. The van der Waals surface area contributed by atoms with Crippen LogP contribution < -0.4 is 5.32 Å². The number of nitrogens with zero attached hydrogens (tertiary/aromatic N) is 4. The van der Waals surface area contributed by atoms with E-state index in [2.05, 4.69) is 15.5 Å². The summed E-state index contributed by atoms with van der Waals surface area (Å²) in [6.45, 7) is 6.12. The molecule has 1 saturated heterocycles. The highest BCUT2D eigenvalue weighted by Gasteiger charge is 2.26. The average molecular weight is 458 g/mol. The zero-order valence-corrected chi connectivity index (χ0v) is 19.0. The third-order valence-electron chi connectivity index (χ3n) is 5.09. The highest BCUT2D eigenvalue weighted by molar-refractivity contribution is 8.01. The van der Waals surface area contributed by atoms with Crippen molar-refractivity contribution in [2.24, 2.45) is 0 Å². The van der Waals surface area contributed by atoms with Crippen LogP contribution in [-0.2, 0) is 4.79 Å². The maximum Gasteiger partial charge on any atom is 0.289 e. The molecule has 2 aromatic heterocycles. The molecular weight excluding hydrogens is 434 g/mol. The number of carbonyl (C=O) groups excluding carboxylic acids is 2. The van der Waals surface area contributed by atoms with E-state index in [1.165, 1.54) is 29.4 Å². The molecular formula is C21H23N5O3S2. The van der Waals surface area contributed by atoms with E-state index in [1.54, 1.807) is 21.9 Å². The number of thioether (sulfide) groups is 1. The molecule has 0 bridgehead atoms. The minimum Gasteiger partial charge on any atom is -0.459 e. The Morgan fingerprint density at radius 3 is 2.45 bits per heavy atom. The second-order valence-corrected chi connectivity index (χ2v) is 9.40. The first-order valence-electron chi connectivity index (χ1n) is 9.91. The van der Waals surface area contributed by atoms with Gasteiger partial charge in [-0.05, 0) is 37.1 Å². The number of carbonyl (C=O) groups is 2. The fourth-order valence-corrected chi connectivity index (χ4v) is 5.03. The van der Waals surface area contributed by atoms with Crippen LogP contribution in [0.3, 0.4) is 0 Å². The van der Waals surface area contributed by atoms with Crippen molar-refractivity contribution in [1.29, 1.82) is 0 Å². The number of piperazine rings is 1. The van der Waals surface area contributed by atoms with E-state index in [-0.39, 0.29) is 11.8 Å². The molecule has 3 heterocycles. The predicted molar refractivity (Wildman–Crippen MR) is 121 cm³/mol. The van der Waals surface area contributed by atoms with Crippen molar-refractivity contribution in [3.63, 3.8) is 0 Å². The summed E-state index contributed by atoms with van der Waals surface area (Å²) in [5.41, 5.74) is 3.32. The molecule has 4 rings (SSSR count). The van der Waals surface area contributed by atoms with Gasteiger partial charge in [0.1, 0.15) is 0 Å². The van der Waals surface area contributed by atoms with Gasteiger partial charge in [0.15, 0.2) is 10.1 Å². The number of para-hydroxylation sites is 1. The molecule has 31 heavy (non-hydrogen) atoms. The lowest BCUT2D eigenvalue weighted by atomic mass is 10.1. The summed E-state index contributed by atoms with van der Waals surface area (Å²) in [5, 5.41) is 12.4. The van der Waals surface area contributed by atoms with Gasteiger partial charge in [-0.15, -0.1) is 10.2 Å². The van der Waals surface area contributed by atoms with Crippen LogP contribution in [0.2, 0.25) is 0 Å². The Kier molecular flexibility index (Phi) is 6.57. The zero-order chi connectivity index (χ0) is 21.8. The lowest BCUT2D eigenvalue weighted by Gasteiger charge is -2.34. The lowest BCUT2D eigenvalue weighted by Crippen LogP contribution is -2.51. The zero-order valence-electron chi connectivity index (χ0n) is 17.3. The van der Waals surface area contributed by atoms with E-state index in [0.29, 0.717) is 42.8 Å². The second-order valence-electron chi connectivity index (χ2n) is 7.20. The molecule has 0 radical (unpaired) electrons. The summed E-state index contributed by atoms with van der Waals surface area (Å²) < 4.78 is 5.92. The van der Waals surface area contributed by atoms with Crippen LogP contribution in [-0.4, -0.2) is 63.7 Å². The number of anilines is 2. The summed E-state index contributed by atoms with van der Waals surface area (Å²) in [7, 11) is 0.